The summed E-state index contributed by atoms with van der Waals surface area (Å²) in [6.07, 6.45) is 3.55. The molecule has 4 aromatic rings. The molecule has 4 aromatic carbocycles. The first-order chi connectivity index (χ1) is 24.8. The van der Waals surface area contributed by atoms with Gasteiger partial charge in [0, 0.05) is 44.2 Å². The minimum Gasteiger partial charge on any atom is -0.357 e. The number of rotatable bonds is 10. The van der Waals surface area contributed by atoms with Gasteiger partial charge in [-0.3, -0.25) is 30.1 Å². The van der Waals surface area contributed by atoms with E-state index in [-0.39, 0.29) is 73.4 Å². The number of amidine groups is 1. The second-order valence-electron chi connectivity index (χ2n) is 12.8. The van der Waals surface area contributed by atoms with E-state index in [1.165, 1.54) is 0 Å². The van der Waals surface area contributed by atoms with Crippen molar-refractivity contribution < 1.29 is 19.2 Å². The van der Waals surface area contributed by atoms with Crippen molar-refractivity contribution in [3.05, 3.63) is 143 Å². The highest BCUT2D eigenvalue weighted by Gasteiger charge is 2.29. The van der Waals surface area contributed by atoms with Crippen LogP contribution in [-0.4, -0.2) is 42.4 Å². The van der Waals surface area contributed by atoms with Crippen LogP contribution in [0.2, 0.25) is 0 Å². The third kappa shape index (κ3) is 11.1. The number of ketones is 1. The molecule has 0 spiro atoms. The zero-order chi connectivity index (χ0) is 36.0. The molecule has 1 heterocycles. The van der Waals surface area contributed by atoms with Gasteiger partial charge in [0.1, 0.15) is 11.8 Å². The van der Waals surface area contributed by atoms with Crippen molar-refractivity contribution in [2.45, 2.75) is 64.0 Å². The molecule has 9 nitrogen and oxygen atoms in total. The molecule has 2 unspecified atom stereocenters. The Labute approximate surface area is 311 Å². The number of hydrogen-bond acceptors (Lipinski definition) is 6. The molecule has 1 aliphatic heterocycles. The van der Waals surface area contributed by atoms with Crippen molar-refractivity contribution in [3.63, 3.8) is 0 Å². The highest BCUT2D eigenvalue weighted by molar-refractivity contribution is 6.00. The highest BCUT2D eigenvalue weighted by Crippen LogP contribution is 2.40. The molecule has 3 atom stereocenters. The maximum atomic E-state index is 13.2. The van der Waals surface area contributed by atoms with Crippen LogP contribution >= 0.6 is 12.4 Å². The number of carbonyl (C=O) groups excluding carboxylic acids is 3. The maximum absolute atomic E-state index is 13.2. The van der Waals surface area contributed by atoms with Gasteiger partial charge in [0.15, 0.2) is 5.84 Å². The summed E-state index contributed by atoms with van der Waals surface area (Å²) >= 11 is 0. The van der Waals surface area contributed by atoms with E-state index in [0.717, 1.165) is 33.5 Å². The quantitative estimate of drug-likeness (QED) is 0.0787. The number of allylic oxidation sites excluding steroid dienone is 1. The number of Topliss-reactive ketones (excluding diaryl/α,β-unsaturated/α-hetero) is 1. The molecule has 0 saturated carbocycles. The van der Waals surface area contributed by atoms with Crippen LogP contribution in [0.25, 0.3) is 0 Å². The van der Waals surface area contributed by atoms with Crippen molar-refractivity contribution in [2.24, 2.45) is 10.9 Å². The van der Waals surface area contributed by atoms with Gasteiger partial charge in [0.25, 0.3) is 0 Å². The number of halogens is 1. The van der Waals surface area contributed by atoms with Gasteiger partial charge in [-0.1, -0.05) is 104 Å². The largest absolute Gasteiger partial charge is 0.357 e. The smallest absolute Gasteiger partial charge is 0.242 e. The molecular formula is C42H46ClN5O4. The summed E-state index contributed by atoms with van der Waals surface area (Å²) in [5, 5.41) is 14.0. The van der Waals surface area contributed by atoms with Gasteiger partial charge >= 0.3 is 0 Å². The summed E-state index contributed by atoms with van der Waals surface area (Å²) in [6, 6.07) is 32.4. The van der Waals surface area contributed by atoms with Crippen LogP contribution in [0.1, 0.15) is 71.9 Å². The molecule has 4 N–H and O–H groups in total. The monoisotopic (exact) mass is 719 g/mol. The summed E-state index contributed by atoms with van der Waals surface area (Å²) in [5.41, 5.74) is 9.61. The number of aliphatic imine (C=N–C) groups is 1. The Kier molecular flexibility index (Phi) is 15.1. The zero-order valence-electron chi connectivity index (χ0n) is 29.6. The van der Waals surface area contributed by atoms with Crippen LogP contribution < -0.4 is 16.1 Å². The second kappa shape index (κ2) is 19.9. The first-order valence-corrected chi connectivity index (χ1v) is 17.4. The Morgan fingerprint density at radius 1 is 0.962 bits per heavy atom. The number of amides is 2. The minimum absolute atomic E-state index is 0. The molecule has 10 heteroatoms. The van der Waals surface area contributed by atoms with Crippen molar-refractivity contribution in [2.75, 3.05) is 12.5 Å². The molecule has 52 heavy (non-hydrogen) atoms. The van der Waals surface area contributed by atoms with Crippen LogP contribution in [-0.2, 0) is 38.7 Å². The molecular weight excluding hydrogens is 674 g/mol. The van der Waals surface area contributed by atoms with Crippen LogP contribution in [0.5, 0.6) is 0 Å². The van der Waals surface area contributed by atoms with E-state index in [9.17, 15) is 14.4 Å². The van der Waals surface area contributed by atoms with Crippen LogP contribution in [0, 0.1) is 11.3 Å². The second-order valence-corrected chi connectivity index (χ2v) is 12.8. The van der Waals surface area contributed by atoms with E-state index < -0.39 is 6.04 Å². The Morgan fingerprint density at radius 3 is 2.33 bits per heavy atom. The predicted octanol–water partition coefficient (Wildman–Crippen LogP) is 7.13. The van der Waals surface area contributed by atoms with Gasteiger partial charge in [-0.2, -0.15) is 4.99 Å². The van der Waals surface area contributed by atoms with E-state index in [0.29, 0.717) is 25.0 Å². The highest BCUT2D eigenvalue weighted by atomic mass is 35.5. The normalized spacial score (nSPS) is 16.6. The number of hydrogen-bond donors (Lipinski definition) is 4. The SMILES string of the molecule is CNC(=O)C1Cc2ccc(NOCc3ccccc3)c(c2C[C@@H](C)C=C=NC(=N)c2ccccc2)C(c2ccccc2)CCC(=O)CCC(=O)N1.Cl. The molecule has 0 aromatic heterocycles. The lowest BCUT2D eigenvalue weighted by molar-refractivity contribution is -0.129. The van der Waals surface area contributed by atoms with Crippen LogP contribution in [0.15, 0.2) is 114 Å². The van der Waals surface area contributed by atoms with Crippen molar-refractivity contribution in [1.82, 2.24) is 10.6 Å². The fourth-order valence-corrected chi connectivity index (χ4v) is 6.39. The first kappa shape index (κ1) is 39.4. The lowest BCUT2D eigenvalue weighted by Crippen LogP contribution is -2.47. The molecule has 0 fully saturated rings. The lowest BCUT2D eigenvalue weighted by Gasteiger charge is -2.28. The zero-order valence-corrected chi connectivity index (χ0v) is 30.4. The first-order valence-electron chi connectivity index (χ1n) is 17.4. The van der Waals surface area contributed by atoms with Crippen LogP contribution in [0.3, 0.4) is 0 Å². The van der Waals surface area contributed by atoms with E-state index >= 15 is 0 Å². The van der Waals surface area contributed by atoms with Gasteiger partial charge < -0.3 is 10.6 Å². The molecule has 2 amide bonds. The summed E-state index contributed by atoms with van der Waals surface area (Å²) in [6.45, 7) is 2.39. The third-order valence-corrected chi connectivity index (χ3v) is 9.04. The maximum Gasteiger partial charge on any atom is 0.242 e. The predicted molar refractivity (Wildman–Crippen MR) is 208 cm³/mol. The third-order valence-electron chi connectivity index (χ3n) is 9.04. The number of benzene rings is 4. The Bertz CT molecular complexity index is 1880. The van der Waals surface area contributed by atoms with Gasteiger partial charge in [-0.05, 0) is 64.6 Å². The van der Waals surface area contributed by atoms with Gasteiger partial charge in [0.05, 0.1) is 12.3 Å². The van der Waals surface area contributed by atoms with Crippen LogP contribution in [0.4, 0.5) is 5.69 Å². The molecule has 0 radical (unpaired) electrons. The molecule has 270 valence electrons. The average molecular weight is 720 g/mol. The topological polar surface area (TPSA) is 133 Å². The number of carbonyl (C=O) groups is 3. The molecule has 0 aliphatic carbocycles. The minimum atomic E-state index is -0.841. The number of nitrogens with one attached hydrogen (secondary N) is 4. The van der Waals surface area contributed by atoms with E-state index in [2.05, 4.69) is 46.0 Å². The Balaban J connectivity index is 0.00000605. The van der Waals surface area contributed by atoms with E-state index in [1.807, 2.05) is 97.1 Å². The molecule has 1 aliphatic rings. The van der Waals surface area contributed by atoms with Crippen molar-refractivity contribution in [3.8, 4) is 0 Å². The van der Waals surface area contributed by atoms with Crippen molar-refractivity contribution >= 4 is 47.4 Å². The number of fused-ring (bicyclic) bond motifs is 2. The Morgan fingerprint density at radius 2 is 1.63 bits per heavy atom. The molecule has 5 rings (SSSR count). The summed E-state index contributed by atoms with van der Waals surface area (Å²) in [5.74, 6) is 2.15. The van der Waals surface area contributed by atoms with E-state index in [4.69, 9.17) is 10.2 Å². The number of anilines is 1. The number of nitrogens with zero attached hydrogens (tertiary/aromatic N) is 1. The fourth-order valence-electron chi connectivity index (χ4n) is 6.39. The molecule has 0 saturated heterocycles. The summed E-state index contributed by atoms with van der Waals surface area (Å²) in [4.78, 5) is 49.7. The summed E-state index contributed by atoms with van der Waals surface area (Å²) in [7, 11) is 1.55. The lowest BCUT2D eigenvalue weighted by atomic mass is 9.78. The molecule has 2 bridgehead atoms. The van der Waals surface area contributed by atoms with E-state index in [1.54, 1.807) is 7.05 Å². The summed E-state index contributed by atoms with van der Waals surface area (Å²) < 4.78 is 0. The standard InChI is InChI=1S/C42H45N5O4.ClH/c1-29(24-25-45-41(43)32-16-10-5-11-17-32)26-36-33-18-22-37(47-51-28-30-12-6-3-7-13-30)40(36)35(31-14-8-4-9-15-31)21-19-34(48)20-23-39(49)46-38(27-33)42(50)44-2;/h3-18,22,24,29,35,38,43,47H,19-21,23,26-28H2,1-2H3,(H,44,50)(H,46,49);1H/t29-,35?,38?;/m0./s1. The van der Waals surface area contributed by atoms with Crippen molar-refractivity contribution in [1.29, 1.82) is 5.41 Å². The van der Waals surface area contributed by atoms with Gasteiger partial charge in [-0.25, -0.2) is 0 Å². The van der Waals surface area contributed by atoms with Gasteiger partial charge in [-0.15, -0.1) is 12.4 Å². The fraction of sp³-hybridized carbons (Fsp3) is 0.286. The average Bonchev–Trinajstić information content (AvgIpc) is 3.16. The van der Waals surface area contributed by atoms with Gasteiger partial charge in [0.2, 0.25) is 11.8 Å². The Hall–Kier alpha value is -5.34. The number of likely N-dealkylation sites (N-methyl/N-ethyl adjacent to an activating group) is 1.